The molecule has 1 aromatic carbocycles. The van der Waals surface area contributed by atoms with Crippen molar-refractivity contribution < 1.29 is 0 Å². The molecular formula is C13H11N3. The van der Waals surface area contributed by atoms with Crippen molar-refractivity contribution in [2.24, 2.45) is 0 Å². The maximum absolute atomic E-state index is 4.06. The zero-order valence-electron chi connectivity index (χ0n) is 8.64. The summed E-state index contributed by atoms with van der Waals surface area (Å²) in [6.45, 7) is 0. The fourth-order valence-electron chi connectivity index (χ4n) is 1.82. The summed E-state index contributed by atoms with van der Waals surface area (Å²) in [5, 5.41) is 11.5. The van der Waals surface area contributed by atoms with E-state index in [2.05, 4.69) is 27.7 Å². The van der Waals surface area contributed by atoms with E-state index in [1.54, 1.807) is 0 Å². The number of aromatic amines is 1. The molecule has 0 saturated heterocycles. The van der Waals surface area contributed by atoms with E-state index < -0.39 is 0 Å². The maximum atomic E-state index is 4.06. The number of nitrogens with one attached hydrogen (secondary N) is 2. The first kappa shape index (κ1) is 8.97. The van der Waals surface area contributed by atoms with Gasteiger partial charge in [0.25, 0.3) is 0 Å². The van der Waals surface area contributed by atoms with Gasteiger partial charge in [-0.2, -0.15) is 5.10 Å². The van der Waals surface area contributed by atoms with E-state index in [1.807, 2.05) is 42.8 Å². The molecule has 1 aliphatic rings. The van der Waals surface area contributed by atoms with Gasteiger partial charge in [-0.25, -0.2) is 0 Å². The van der Waals surface area contributed by atoms with Gasteiger partial charge in [0.05, 0.1) is 11.7 Å². The minimum absolute atomic E-state index is 1.06. The van der Waals surface area contributed by atoms with E-state index in [0.29, 0.717) is 0 Å². The number of nitrogens with zero attached hydrogens (tertiary/aromatic N) is 1. The number of hydrogen-bond acceptors (Lipinski definition) is 2. The molecule has 1 aliphatic heterocycles. The second kappa shape index (κ2) is 3.70. The van der Waals surface area contributed by atoms with Gasteiger partial charge in [0.1, 0.15) is 0 Å². The van der Waals surface area contributed by atoms with Crippen LogP contribution in [0.25, 0.3) is 16.6 Å². The predicted molar refractivity (Wildman–Crippen MR) is 65.5 cm³/mol. The van der Waals surface area contributed by atoms with E-state index in [9.17, 15) is 0 Å². The molecule has 2 aromatic rings. The molecule has 0 unspecified atom stereocenters. The van der Waals surface area contributed by atoms with Crippen molar-refractivity contribution in [3.8, 4) is 0 Å². The molecule has 1 aromatic heterocycles. The zero-order valence-corrected chi connectivity index (χ0v) is 8.64. The average molecular weight is 209 g/mol. The van der Waals surface area contributed by atoms with Crippen molar-refractivity contribution in [3.05, 3.63) is 60.5 Å². The number of hydrogen-bond donors (Lipinski definition) is 2. The zero-order chi connectivity index (χ0) is 10.8. The number of rotatable bonds is 1. The summed E-state index contributed by atoms with van der Waals surface area (Å²) in [5.74, 6) is 0. The Morgan fingerprint density at radius 2 is 2.06 bits per heavy atom. The van der Waals surface area contributed by atoms with Crippen molar-refractivity contribution in [3.63, 3.8) is 0 Å². The molecule has 0 atom stereocenters. The second-order valence-electron chi connectivity index (χ2n) is 3.61. The van der Waals surface area contributed by atoms with Crippen LogP contribution in [0.1, 0.15) is 5.56 Å². The first-order valence-corrected chi connectivity index (χ1v) is 5.18. The lowest BCUT2D eigenvalue weighted by atomic mass is 10.1. The second-order valence-corrected chi connectivity index (χ2v) is 3.61. The lowest BCUT2D eigenvalue weighted by Gasteiger charge is -2.07. The lowest BCUT2D eigenvalue weighted by Crippen LogP contribution is -2.03. The monoisotopic (exact) mass is 209 g/mol. The van der Waals surface area contributed by atoms with Crippen molar-refractivity contribution in [2.75, 3.05) is 0 Å². The molecule has 3 nitrogen and oxygen atoms in total. The summed E-state index contributed by atoms with van der Waals surface area (Å²) in [5.41, 5.74) is 3.26. The van der Waals surface area contributed by atoms with Crippen LogP contribution in [0.5, 0.6) is 0 Å². The Labute approximate surface area is 93.2 Å². The Hall–Kier alpha value is -2.29. The number of aromatic nitrogens is 2. The van der Waals surface area contributed by atoms with Crippen LogP contribution < -0.4 is 5.32 Å². The molecule has 16 heavy (non-hydrogen) atoms. The molecule has 2 N–H and O–H groups in total. The van der Waals surface area contributed by atoms with Crippen LogP contribution in [-0.2, 0) is 0 Å². The summed E-state index contributed by atoms with van der Waals surface area (Å²) in [6.07, 6.45) is 11.8. The molecular weight excluding hydrogens is 198 g/mol. The topological polar surface area (TPSA) is 40.7 Å². The van der Waals surface area contributed by atoms with Crippen LogP contribution in [0, 0.1) is 0 Å². The van der Waals surface area contributed by atoms with Crippen LogP contribution in [0.15, 0.2) is 54.9 Å². The minimum atomic E-state index is 1.06. The van der Waals surface area contributed by atoms with Crippen molar-refractivity contribution >= 4 is 16.6 Å². The third-order valence-electron chi connectivity index (χ3n) is 2.59. The quantitative estimate of drug-likeness (QED) is 0.757. The minimum Gasteiger partial charge on any atom is -0.361 e. The molecule has 0 fully saturated rings. The molecule has 0 spiro atoms. The summed E-state index contributed by atoms with van der Waals surface area (Å²) in [7, 11) is 0. The van der Waals surface area contributed by atoms with Crippen molar-refractivity contribution in [2.45, 2.75) is 0 Å². The van der Waals surface area contributed by atoms with E-state index in [0.717, 1.165) is 22.2 Å². The third kappa shape index (κ3) is 1.42. The number of para-hydroxylation sites is 1. The summed E-state index contributed by atoms with van der Waals surface area (Å²) >= 11 is 0. The highest BCUT2D eigenvalue weighted by molar-refractivity contribution is 5.90. The number of benzene rings is 1. The lowest BCUT2D eigenvalue weighted by molar-refractivity contribution is 1.11. The first-order valence-electron chi connectivity index (χ1n) is 5.18. The Morgan fingerprint density at radius 1 is 1.06 bits per heavy atom. The highest BCUT2D eigenvalue weighted by atomic mass is 15.1. The largest absolute Gasteiger partial charge is 0.361 e. The van der Waals surface area contributed by atoms with Crippen LogP contribution in [0.4, 0.5) is 0 Å². The van der Waals surface area contributed by atoms with Crippen LogP contribution in [0.3, 0.4) is 0 Å². The highest BCUT2D eigenvalue weighted by Gasteiger charge is 2.06. The van der Waals surface area contributed by atoms with E-state index in [1.165, 1.54) is 0 Å². The summed E-state index contributed by atoms with van der Waals surface area (Å²) in [6, 6.07) is 6.16. The average Bonchev–Trinajstić information content (AvgIpc) is 2.63. The summed E-state index contributed by atoms with van der Waals surface area (Å²) in [4.78, 5) is 0. The Bertz CT molecular complexity index is 602. The number of allylic oxidation sites excluding steroid dienone is 4. The fourth-order valence-corrected chi connectivity index (χ4v) is 1.82. The molecule has 0 bridgehead atoms. The van der Waals surface area contributed by atoms with Gasteiger partial charge in [0, 0.05) is 22.8 Å². The van der Waals surface area contributed by atoms with Gasteiger partial charge >= 0.3 is 0 Å². The fraction of sp³-hybridized carbons (Fsp3) is 0. The summed E-state index contributed by atoms with van der Waals surface area (Å²) < 4.78 is 0. The Balaban J connectivity index is 2.18. The first-order chi connectivity index (χ1) is 7.95. The van der Waals surface area contributed by atoms with Gasteiger partial charge < -0.3 is 5.32 Å². The van der Waals surface area contributed by atoms with Crippen LogP contribution in [0.2, 0.25) is 0 Å². The van der Waals surface area contributed by atoms with Gasteiger partial charge in [0.15, 0.2) is 0 Å². The number of fused-ring (bicyclic) bond motifs is 1. The molecule has 78 valence electrons. The molecule has 0 saturated carbocycles. The van der Waals surface area contributed by atoms with E-state index >= 15 is 0 Å². The van der Waals surface area contributed by atoms with Gasteiger partial charge in [-0.15, -0.1) is 0 Å². The molecule has 0 amide bonds. The molecule has 2 heterocycles. The predicted octanol–water partition coefficient (Wildman–Crippen LogP) is 2.58. The van der Waals surface area contributed by atoms with Crippen LogP contribution >= 0.6 is 0 Å². The highest BCUT2D eigenvalue weighted by Crippen LogP contribution is 2.22. The Morgan fingerprint density at radius 3 is 3.06 bits per heavy atom. The van der Waals surface area contributed by atoms with Crippen molar-refractivity contribution in [1.29, 1.82) is 0 Å². The van der Waals surface area contributed by atoms with Gasteiger partial charge in [-0.1, -0.05) is 30.4 Å². The van der Waals surface area contributed by atoms with Crippen LogP contribution in [-0.4, -0.2) is 10.2 Å². The van der Waals surface area contributed by atoms with E-state index in [4.69, 9.17) is 0 Å². The molecule has 0 radical (unpaired) electrons. The SMILES string of the molecule is C1=CC=C(c2cccc3cn[nH]c23)NC=C1. The van der Waals surface area contributed by atoms with Gasteiger partial charge in [0.2, 0.25) is 0 Å². The third-order valence-corrected chi connectivity index (χ3v) is 2.59. The Kier molecular flexibility index (Phi) is 2.07. The van der Waals surface area contributed by atoms with Gasteiger partial charge in [-0.3, -0.25) is 5.10 Å². The number of H-pyrrole nitrogens is 1. The van der Waals surface area contributed by atoms with Gasteiger partial charge in [-0.05, 0) is 12.2 Å². The maximum Gasteiger partial charge on any atom is 0.0743 e. The van der Waals surface area contributed by atoms with E-state index in [-0.39, 0.29) is 0 Å². The molecule has 0 aliphatic carbocycles. The molecule has 3 rings (SSSR count). The normalized spacial score (nSPS) is 14.6. The van der Waals surface area contributed by atoms with Crippen molar-refractivity contribution in [1.82, 2.24) is 15.5 Å². The smallest absolute Gasteiger partial charge is 0.0743 e. The standard InChI is InChI=1S/C13H11N3/c1-2-7-12(14-8-3-1)11-6-4-5-10-9-15-16-13(10)11/h1-9,14H,(H,15,16). The molecule has 3 heteroatoms.